The second-order valence-electron chi connectivity index (χ2n) is 12.3. The van der Waals surface area contributed by atoms with Crippen molar-refractivity contribution in [1.29, 1.82) is 0 Å². The van der Waals surface area contributed by atoms with Gasteiger partial charge in [0.15, 0.2) is 6.29 Å². The predicted molar refractivity (Wildman–Crippen MR) is 145 cm³/mol. The zero-order valence-corrected chi connectivity index (χ0v) is 25.5. The maximum Gasteiger partial charge on any atom is 0.473 e. The van der Waals surface area contributed by atoms with E-state index in [1.807, 2.05) is 20.8 Å². The Balaban J connectivity index is 2.33. The van der Waals surface area contributed by atoms with Crippen molar-refractivity contribution >= 4 is 13.7 Å². The molecule has 0 bridgehead atoms. The Bertz CT molecular complexity index is 755. The SMILES string of the molecule is CC(=O)N[C@H]1[C@H](OCCCCCCCOC[C@H](CC(C)(C)C)OP(=O)(O)OC(C)(C)C)O[C@H](CO)[C@H](O)[C@@H]1O. The van der Waals surface area contributed by atoms with E-state index in [2.05, 4.69) is 5.32 Å². The molecule has 1 rings (SSSR count). The Morgan fingerprint density at radius 1 is 1.00 bits per heavy atom. The molecule has 0 spiro atoms. The molecule has 1 heterocycles. The first-order chi connectivity index (χ1) is 17.9. The lowest BCUT2D eigenvalue weighted by Crippen LogP contribution is -2.64. The van der Waals surface area contributed by atoms with E-state index in [-0.39, 0.29) is 12.0 Å². The van der Waals surface area contributed by atoms with Crippen molar-refractivity contribution in [2.75, 3.05) is 26.4 Å². The first kappa shape index (κ1) is 36.4. The highest BCUT2D eigenvalue weighted by Gasteiger charge is 2.45. The number of unbranched alkanes of at least 4 members (excludes halogenated alkanes) is 4. The zero-order valence-electron chi connectivity index (χ0n) is 24.6. The van der Waals surface area contributed by atoms with Crippen LogP contribution in [-0.4, -0.2) is 94.9 Å². The molecule has 1 unspecified atom stereocenters. The summed E-state index contributed by atoms with van der Waals surface area (Å²) in [4.78, 5) is 21.6. The molecule has 1 aliphatic rings. The van der Waals surface area contributed by atoms with Gasteiger partial charge in [0.05, 0.1) is 24.9 Å². The third-order valence-corrected chi connectivity index (χ3v) is 7.12. The molecule has 0 aromatic rings. The average Bonchev–Trinajstić information content (AvgIpc) is 2.76. The first-order valence-corrected chi connectivity index (χ1v) is 15.2. The molecule has 39 heavy (non-hydrogen) atoms. The van der Waals surface area contributed by atoms with Gasteiger partial charge < -0.3 is 39.7 Å². The minimum atomic E-state index is -4.23. The van der Waals surface area contributed by atoms with Crippen LogP contribution >= 0.6 is 7.82 Å². The lowest BCUT2D eigenvalue weighted by atomic mass is 9.89. The van der Waals surface area contributed by atoms with E-state index in [1.165, 1.54) is 6.92 Å². The van der Waals surface area contributed by atoms with Crippen molar-refractivity contribution in [3.8, 4) is 0 Å². The Morgan fingerprint density at radius 2 is 1.59 bits per heavy atom. The molecule has 1 amide bonds. The van der Waals surface area contributed by atoms with Gasteiger partial charge in [-0.1, -0.05) is 40.0 Å². The highest BCUT2D eigenvalue weighted by molar-refractivity contribution is 7.47. The number of ether oxygens (including phenoxy) is 3. The van der Waals surface area contributed by atoms with E-state index in [4.69, 9.17) is 23.3 Å². The van der Waals surface area contributed by atoms with Gasteiger partial charge in [-0.15, -0.1) is 0 Å². The Hall–Kier alpha value is -0.660. The van der Waals surface area contributed by atoms with Gasteiger partial charge in [-0.3, -0.25) is 13.8 Å². The van der Waals surface area contributed by atoms with Gasteiger partial charge in [0.2, 0.25) is 5.91 Å². The van der Waals surface area contributed by atoms with Gasteiger partial charge in [0.1, 0.15) is 24.4 Å². The number of phosphoric ester groups is 1. The molecule has 12 nitrogen and oxygen atoms in total. The van der Waals surface area contributed by atoms with Crippen molar-refractivity contribution in [2.45, 2.75) is 129 Å². The first-order valence-electron chi connectivity index (χ1n) is 13.7. The number of aliphatic hydroxyl groups excluding tert-OH is 3. The van der Waals surface area contributed by atoms with Crippen LogP contribution in [0.25, 0.3) is 0 Å². The molecule has 0 radical (unpaired) electrons. The Kier molecular flexibility index (Phi) is 15.6. The summed E-state index contributed by atoms with van der Waals surface area (Å²) in [5, 5.41) is 32.3. The monoisotopic (exact) mass is 585 g/mol. The number of nitrogens with one attached hydrogen (secondary N) is 1. The van der Waals surface area contributed by atoms with E-state index in [9.17, 15) is 29.6 Å². The lowest BCUT2D eigenvalue weighted by molar-refractivity contribution is -0.270. The molecular formula is C26H52NO11P. The minimum absolute atomic E-state index is 0.125. The normalized spacial score (nSPS) is 26.7. The maximum absolute atomic E-state index is 12.4. The Morgan fingerprint density at radius 3 is 2.13 bits per heavy atom. The summed E-state index contributed by atoms with van der Waals surface area (Å²) >= 11 is 0. The van der Waals surface area contributed by atoms with Gasteiger partial charge in [-0.2, -0.15) is 0 Å². The molecule has 0 aliphatic carbocycles. The molecule has 7 atom stereocenters. The number of rotatable bonds is 17. The third kappa shape index (κ3) is 15.8. The van der Waals surface area contributed by atoms with Crippen LogP contribution in [0.15, 0.2) is 0 Å². The maximum atomic E-state index is 12.4. The number of aliphatic hydroxyl groups is 3. The molecule has 1 saturated heterocycles. The summed E-state index contributed by atoms with van der Waals surface area (Å²) in [6.45, 7) is 13.0. The fourth-order valence-corrected chi connectivity index (χ4v) is 5.48. The predicted octanol–water partition coefficient (Wildman–Crippen LogP) is 2.65. The molecule has 0 aromatic heterocycles. The summed E-state index contributed by atoms with van der Waals surface area (Å²) in [6, 6.07) is -0.941. The van der Waals surface area contributed by atoms with Gasteiger partial charge >= 0.3 is 7.82 Å². The second-order valence-corrected chi connectivity index (χ2v) is 13.6. The van der Waals surface area contributed by atoms with Crippen molar-refractivity contribution in [1.82, 2.24) is 5.32 Å². The molecule has 1 fully saturated rings. The van der Waals surface area contributed by atoms with Crippen molar-refractivity contribution in [3.63, 3.8) is 0 Å². The molecule has 0 saturated carbocycles. The summed E-state index contributed by atoms with van der Waals surface area (Å²) in [7, 11) is -4.23. The fourth-order valence-electron chi connectivity index (χ4n) is 4.23. The molecule has 0 aromatic carbocycles. The third-order valence-electron chi connectivity index (χ3n) is 5.78. The second kappa shape index (κ2) is 16.7. The van der Waals surface area contributed by atoms with Crippen LogP contribution < -0.4 is 5.32 Å². The average molecular weight is 586 g/mol. The number of hydrogen-bond acceptors (Lipinski definition) is 10. The quantitative estimate of drug-likeness (QED) is 0.125. The number of phosphoric acid groups is 1. The van der Waals surface area contributed by atoms with E-state index in [0.717, 1.165) is 32.1 Å². The van der Waals surface area contributed by atoms with Crippen LogP contribution in [0.5, 0.6) is 0 Å². The van der Waals surface area contributed by atoms with Crippen molar-refractivity contribution in [2.24, 2.45) is 5.41 Å². The minimum Gasteiger partial charge on any atom is -0.394 e. The molecular weight excluding hydrogens is 533 g/mol. The molecule has 5 N–H and O–H groups in total. The number of carbonyl (C=O) groups is 1. The van der Waals surface area contributed by atoms with Gasteiger partial charge in [-0.05, 0) is 45.4 Å². The highest BCUT2D eigenvalue weighted by Crippen LogP contribution is 2.49. The van der Waals surface area contributed by atoms with E-state index in [0.29, 0.717) is 19.6 Å². The van der Waals surface area contributed by atoms with Crippen LogP contribution in [0.4, 0.5) is 0 Å². The topological polar surface area (TPSA) is 173 Å². The van der Waals surface area contributed by atoms with Gasteiger partial charge in [0, 0.05) is 20.1 Å². The lowest BCUT2D eigenvalue weighted by Gasteiger charge is -2.42. The zero-order chi connectivity index (χ0) is 29.9. The summed E-state index contributed by atoms with van der Waals surface area (Å²) in [5.74, 6) is -0.395. The Labute approximate surface area is 233 Å². The van der Waals surface area contributed by atoms with Crippen LogP contribution in [0.3, 0.4) is 0 Å². The summed E-state index contributed by atoms with van der Waals surface area (Å²) < 4.78 is 40.1. The number of hydrogen-bond donors (Lipinski definition) is 5. The van der Waals surface area contributed by atoms with Crippen LogP contribution in [0.1, 0.15) is 87.0 Å². The van der Waals surface area contributed by atoms with Crippen molar-refractivity contribution < 1.29 is 52.8 Å². The smallest absolute Gasteiger partial charge is 0.394 e. The van der Waals surface area contributed by atoms with E-state index < -0.39 is 62.7 Å². The van der Waals surface area contributed by atoms with E-state index >= 15 is 0 Å². The number of amides is 1. The molecule has 13 heteroatoms. The van der Waals surface area contributed by atoms with Crippen LogP contribution in [-0.2, 0) is 32.6 Å². The largest absolute Gasteiger partial charge is 0.473 e. The standard InChI is InChI=1S/C26H52NO11P/c1-18(29)27-21-23(31)22(30)20(16-28)36-24(21)35-14-12-10-8-9-11-13-34-17-19(15-25(2,3)4)37-39(32,33)38-26(5,6)7/h19-24,28,30-31H,8-17H2,1-7H3,(H,27,29)(H,32,33)/t19-,20+,21+,22-,23+,24+/m0/s1. The van der Waals surface area contributed by atoms with E-state index in [1.54, 1.807) is 20.8 Å². The summed E-state index contributed by atoms with van der Waals surface area (Å²) in [6.07, 6.45) is -0.426. The van der Waals surface area contributed by atoms with Gasteiger partial charge in [0.25, 0.3) is 0 Å². The highest BCUT2D eigenvalue weighted by atomic mass is 31.2. The molecule has 1 aliphatic heterocycles. The fraction of sp³-hybridized carbons (Fsp3) is 0.962. The van der Waals surface area contributed by atoms with Crippen LogP contribution in [0.2, 0.25) is 0 Å². The summed E-state index contributed by atoms with van der Waals surface area (Å²) in [5.41, 5.74) is -0.940. The van der Waals surface area contributed by atoms with Crippen molar-refractivity contribution in [3.05, 3.63) is 0 Å². The van der Waals surface area contributed by atoms with Crippen LogP contribution in [0, 0.1) is 5.41 Å². The number of carbonyl (C=O) groups excluding carboxylic acids is 1. The molecule has 232 valence electrons. The van der Waals surface area contributed by atoms with Gasteiger partial charge in [-0.25, -0.2) is 4.57 Å².